The van der Waals surface area contributed by atoms with Gasteiger partial charge in [0.1, 0.15) is 0 Å². The molecule has 0 radical (unpaired) electrons. The molecule has 2 aromatic carbocycles. The highest BCUT2D eigenvalue weighted by Crippen LogP contribution is 2.26. The number of carboxylic acids is 1. The first kappa shape index (κ1) is 13.4. The van der Waals surface area contributed by atoms with E-state index in [1.54, 1.807) is 0 Å². The highest BCUT2D eigenvalue weighted by molar-refractivity contribution is 6.05. The molecule has 0 unspecified atom stereocenters. The molecule has 21 heavy (non-hydrogen) atoms. The maximum atomic E-state index is 11.5. The number of aryl methyl sites for hydroxylation is 1. The Morgan fingerprint density at radius 2 is 1.71 bits per heavy atom. The van der Waals surface area contributed by atoms with Crippen molar-refractivity contribution in [1.82, 2.24) is 4.57 Å². The largest absolute Gasteiger partial charge is 0.478 e. The first-order valence-electron chi connectivity index (χ1n) is 6.94. The third kappa shape index (κ3) is 2.31. The molecule has 1 aromatic heterocycles. The molecule has 0 aliphatic rings. The number of nitrogens with zero attached hydrogens (tertiary/aromatic N) is 1. The SMILES string of the molecule is Cc1ccc(Cn2c(C)c(C(=O)O)c3ccccc32)cc1. The van der Waals surface area contributed by atoms with Gasteiger partial charge in [-0.15, -0.1) is 0 Å². The van der Waals surface area contributed by atoms with E-state index >= 15 is 0 Å². The van der Waals surface area contributed by atoms with Crippen molar-refractivity contribution in [3.8, 4) is 0 Å². The van der Waals surface area contributed by atoms with Crippen LogP contribution < -0.4 is 0 Å². The number of fused-ring (bicyclic) bond motifs is 1. The average molecular weight is 279 g/mol. The molecule has 0 fully saturated rings. The number of rotatable bonds is 3. The summed E-state index contributed by atoms with van der Waals surface area (Å²) in [6.45, 7) is 4.61. The molecular weight excluding hydrogens is 262 g/mol. The highest BCUT2D eigenvalue weighted by Gasteiger charge is 2.18. The van der Waals surface area contributed by atoms with E-state index in [1.807, 2.05) is 31.2 Å². The summed E-state index contributed by atoms with van der Waals surface area (Å²) in [6.07, 6.45) is 0. The Hall–Kier alpha value is -2.55. The lowest BCUT2D eigenvalue weighted by atomic mass is 10.1. The lowest BCUT2D eigenvalue weighted by Gasteiger charge is -2.09. The van der Waals surface area contributed by atoms with Crippen molar-refractivity contribution in [2.45, 2.75) is 20.4 Å². The number of benzene rings is 2. The fourth-order valence-corrected chi connectivity index (χ4v) is 2.78. The fourth-order valence-electron chi connectivity index (χ4n) is 2.78. The standard InChI is InChI=1S/C18H17NO2/c1-12-7-9-14(10-8-12)11-19-13(2)17(18(20)21)15-5-3-4-6-16(15)19/h3-10H,11H2,1-2H3,(H,20,21). The Kier molecular flexibility index (Phi) is 3.26. The van der Waals surface area contributed by atoms with Crippen LogP contribution in [-0.2, 0) is 6.54 Å². The summed E-state index contributed by atoms with van der Waals surface area (Å²) in [6, 6.07) is 16.0. The minimum Gasteiger partial charge on any atom is -0.478 e. The van der Waals surface area contributed by atoms with Crippen molar-refractivity contribution < 1.29 is 9.90 Å². The summed E-state index contributed by atoms with van der Waals surface area (Å²) in [5, 5.41) is 10.3. The van der Waals surface area contributed by atoms with E-state index in [0.29, 0.717) is 12.1 Å². The molecule has 0 bridgehead atoms. The van der Waals surface area contributed by atoms with E-state index in [-0.39, 0.29) is 0 Å². The maximum absolute atomic E-state index is 11.5. The van der Waals surface area contributed by atoms with Crippen molar-refractivity contribution in [2.24, 2.45) is 0 Å². The summed E-state index contributed by atoms with van der Waals surface area (Å²) in [7, 11) is 0. The molecule has 0 saturated carbocycles. The maximum Gasteiger partial charge on any atom is 0.338 e. The van der Waals surface area contributed by atoms with Gasteiger partial charge in [-0.3, -0.25) is 0 Å². The van der Waals surface area contributed by atoms with E-state index in [1.165, 1.54) is 11.1 Å². The van der Waals surface area contributed by atoms with E-state index < -0.39 is 5.97 Å². The van der Waals surface area contributed by atoms with Crippen LogP contribution in [0.5, 0.6) is 0 Å². The minimum atomic E-state index is -0.869. The zero-order valence-electron chi connectivity index (χ0n) is 12.1. The van der Waals surface area contributed by atoms with Gasteiger partial charge in [0.15, 0.2) is 0 Å². The van der Waals surface area contributed by atoms with Crippen molar-refractivity contribution in [3.05, 3.63) is 70.9 Å². The molecule has 3 aromatic rings. The van der Waals surface area contributed by atoms with Gasteiger partial charge in [-0.1, -0.05) is 48.0 Å². The van der Waals surface area contributed by atoms with Crippen molar-refractivity contribution in [1.29, 1.82) is 0 Å². The summed E-state index contributed by atoms with van der Waals surface area (Å²) >= 11 is 0. The second kappa shape index (κ2) is 5.09. The molecule has 0 atom stereocenters. The van der Waals surface area contributed by atoms with Gasteiger partial charge < -0.3 is 9.67 Å². The monoisotopic (exact) mass is 279 g/mol. The van der Waals surface area contributed by atoms with Crippen molar-refractivity contribution >= 4 is 16.9 Å². The first-order valence-corrected chi connectivity index (χ1v) is 6.94. The zero-order valence-corrected chi connectivity index (χ0v) is 12.1. The number of para-hydroxylation sites is 1. The fraction of sp³-hybridized carbons (Fsp3) is 0.167. The Morgan fingerprint density at radius 1 is 1.05 bits per heavy atom. The van der Waals surface area contributed by atoms with Gasteiger partial charge >= 0.3 is 5.97 Å². The molecule has 1 N–H and O–H groups in total. The molecule has 3 nitrogen and oxygen atoms in total. The quantitative estimate of drug-likeness (QED) is 0.787. The third-order valence-electron chi connectivity index (χ3n) is 3.91. The molecule has 3 heteroatoms. The molecular formula is C18H17NO2. The van der Waals surface area contributed by atoms with Crippen LogP contribution in [0.1, 0.15) is 27.2 Å². The number of aromatic carboxylic acids is 1. The van der Waals surface area contributed by atoms with Crippen LogP contribution in [0.25, 0.3) is 10.9 Å². The molecule has 3 rings (SSSR count). The summed E-state index contributed by atoms with van der Waals surface area (Å²) in [5.41, 5.74) is 4.55. The van der Waals surface area contributed by atoms with Crippen LogP contribution in [0, 0.1) is 13.8 Å². The lowest BCUT2D eigenvalue weighted by Crippen LogP contribution is -2.04. The Labute approximate surface area is 123 Å². The summed E-state index contributed by atoms with van der Waals surface area (Å²) < 4.78 is 2.07. The van der Waals surface area contributed by atoms with Crippen molar-refractivity contribution in [3.63, 3.8) is 0 Å². The van der Waals surface area contributed by atoms with Gasteiger partial charge in [-0.25, -0.2) is 4.79 Å². The van der Waals surface area contributed by atoms with Gasteiger partial charge in [-0.05, 0) is 25.5 Å². The number of hydrogen-bond donors (Lipinski definition) is 1. The average Bonchev–Trinajstić information content (AvgIpc) is 2.74. The van der Waals surface area contributed by atoms with E-state index in [4.69, 9.17) is 0 Å². The topological polar surface area (TPSA) is 42.2 Å². The van der Waals surface area contributed by atoms with Gasteiger partial charge in [0.05, 0.1) is 5.56 Å². The second-order valence-corrected chi connectivity index (χ2v) is 5.35. The van der Waals surface area contributed by atoms with Gasteiger partial charge in [0, 0.05) is 23.1 Å². The van der Waals surface area contributed by atoms with Crippen LogP contribution >= 0.6 is 0 Å². The second-order valence-electron chi connectivity index (χ2n) is 5.35. The molecule has 1 heterocycles. The molecule has 0 spiro atoms. The van der Waals surface area contributed by atoms with Crippen LogP contribution in [0.15, 0.2) is 48.5 Å². The first-order chi connectivity index (χ1) is 10.1. The third-order valence-corrected chi connectivity index (χ3v) is 3.91. The Morgan fingerprint density at radius 3 is 2.38 bits per heavy atom. The Balaban J connectivity index is 2.16. The van der Waals surface area contributed by atoms with Crippen LogP contribution in [0.4, 0.5) is 0 Å². The molecule has 0 saturated heterocycles. The Bertz CT molecular complexity index is 813. The van der Waals surface area contributed by atoms with Gasteiger partial charge in [0.25, 0.3) is 0 Å². The predicted molar refractivity (Wildman–Crippen MR) is 83.9 cm³/mol. The summed E-state index contributed by atoms with van der Waals surface area (Å²) in [5.74, 6) is -0.869. The van der Waals surface area contributed by atoms with Crippen LogP contribution in [0.3, 0.4) is 0 Å². The molecule has 106 valence electrons. The lowest BCUT2D eigenvalue weighted by molar-refractivity contribution is 0.0698. The predicted octanol–water partition coefficient (Wildman–Crippen LogP) is 4.00. The highest BCUT2D eigenvalue weighted by atomic mass is 16.4. The zero-order chi connectivity index (χ0) is 15.0. The van der Waals surface area contributed by atoms with Gasteiger partial charge in [0.2, 0.25) is 0 Å². The normalized spacial score (nSPS) is 11.0. The van der Waals surface area contributed by atoms with Crippen LogP contribution in [0.2, 0.25) is 0 Å². The minimum absolute atomic E-state index is 0.401. The number of aromatic nitrogens is 1. The van der Waals surface area contributed by atoms with E-state index in [2.05, 4.69) is 35.8 Å². The smallest absolute Gasteiger partial charge is 0.338 e. The summed E-state index contributed by atoms with van der Waals surface area (Å²) in [4.78, 5) is 11.5. The molecule has 0 amide bonds. The van der Waals surface area contributed by atoms with Gasteiger partial charge in [-0.2, -0.15) is 0 Å². The molecule has 0 aliphatic carbocycles. The van der Waals surface area contributed by atoms with Crippen LogP contribution in [-0.4, -0.2) is 15.6 Å². The van der Waals surface area contributed by atoms with Crippen molar-refractivity contribution in [2.75, 3.05) is 0 Å². The number of hydrogen-bond acceptors (Lipinski definition) is 1. The van der Waals surface area contributed by atoms with E-state index in [0.717, 1.165) is 16.6 Å². The number of carbonyl (C=O) groups is 1. The number of carboxylic acid groups (broad SMARTS) is 1. The molecule has 0 aliphatic heterocycles. The van der Waals surface area contributed by atoms with E-state index in [9.17, 15) is 9.90 Å².